The number of para-hydroxylation sites is 1. The van der Waals surface area contributed by atoms with Gasteiger partial charge in [0, 0.05) is 37.6 Å². The molecule has 1 heterocycles. The molecule has 0 aromatic heterocycles. The first-order valence-corrected chi connectivity index (χ1v) is 8.53. The van der Waals surface area contributed by atoms with Gasteiger partial charge in [-0.3, -0.25) is 4.79 Å². The van der Waals surface area contributed by atoms with Gasteiger partial charge in [0.15, 0.2) is 0 Å². The normalized spacial score (nSPS) is 15.3. The van der Waals surface area contributed by atoms with Crippen LogP contribution in [0, 0.1) is 0 Å². The second-order valence-corrected chi connectivity index (χ2v) is 6.48. The molecule has 1 saturated heterocycles. The zero-order valence-corrected chi connectivity index (χ0v) is 14.2. The molecule has 0 spiro atoms. The van der Waals surface area contributed by atoms with Crippen LogP contribution < -0.4 is 10.6 Å². The Labute approximate surface area is 143 Å². The van der Waals surface area contributed by atoms with Crippen molar-refractivity contribution in [3.63, 3.8) is 0 Å². The molecule has 0 saturated carbocycles. The van der Waals surface area contributed by atoms with Crippen LogP contribution >= 0.6 is 0 Å². The lowest BCUT2D eigenvalue weighted by atomic mass is 10.0. The number of anilines is 2. The number of piperidine rings is 1. The molecule has 0 radical (unpaired) electrons. The number of carbonyl (C=O) groups is 1. The lowest BCUT2D eigenvalue weighted by molar-refractivity contribution is -0.131. The van der Waals surface area contributed by atoms with E-state index in [-0.39, 0.29) is 5.91 Å². The molecule has 24 heavy (non-hydrogen) atoms. The second kappa shape index (κ2) is 7.39. The van der Waals surface area contributed by atoms with E-state index in [4.69, 9.17) is 5.73 Å². The summed E-state index contributed by atoms with van der Waals surface area (Å²) in [6, 6.07) is 18.5. The number of nitrogens with zero attached hydrogens (tertiary/aromatic N) is 2. The van der Waals surface area contributed by atoms with Crippen molar-refractivity contribution in [2.75, 3.05) is 30.8 Å². The van der Waals surface area contributed by atoms with Crippen LogP contribution in [0.25, 0.3) is 0 Å². The predicted molar refractivity (Wildman–Crippen MR) is 99.0 cm³/mol. The Morgan fingerprint density at radius 3 is 2.33 bits per heavy atom. The number of hydrogen-bond acceptors (Lipinski definition) is 3. The van der Waals surface area contributed by atoms with Crippen molar-refractivity contribution in [3.8, 4) is 0 Å². The van der Waals surface area contributed by atoms with Gasteiger partial charge in [0.1, 0.15) is 0 Å². The molecule has 2 aromatic carbocycles. The summed E-state index contributed by atoms with van der Waals surface area (Å²) in [5, 5.41) is 0. The molecule has 1 aliphatic heterocycles. The van der Waals surface area contributed by atoms with Gasteiger partial charge in [-0.05, 0) is 42.7 Å². The quantitative estimate of drug-likeness (QED) is 0.880. The van der Waals surface area contributed by atoms with Crippen molar-refractivity contribution in [1.29, 1.82) is 0 Å². The Morgan fingerprint density at radius 2 is 1.71 bits per heavy atom. The van der Waals surface area contributed by atoms with Crippen LogP contribution in [-0.2, 0) is 11.2 Å². The third kappa shape index (κ3) is 3.88. The molecule has 126 valence electrons. The van der Waals surface area contributed by atoms with Gasteiger partial charge in [-0.25, -0.2) is 0 Å². The number of carbonyl (C=O) groups excluding carboxylic acids is 1. The smallest absolute Gasteiger partial charge is 0.226 e. The van der Waals surface area contributed by atoms with Crippen LogP contribution in [0.4, 0.5) is 11.4 Å². The number of nitrogens with two attached hydrogens (primary N) is 1. The average Bonchev–Trinajstić information content (AvgIpc) is 2.64. The van der Waals surface area contributed by atoms with Gasteiger partial charge in [-0.1, -0.05) is 30.3 Å². The molecule has 1 fully saturated rings. The number of hydrogen-bond donors (Lipinski definition) is 1. The van der Waals surface area contributed by atoms with Crippen LogP contribution in [0.1, 0.15) is 18.4 Å². The van der Waals surface area contributed by atoms with Gasteiger partial charge in [-0.2, -0.15) is 0 Å². The van der Waals surface area contributed by atoms with Crippen molar-refractivity contribution >= 4 is 17.3 Å². The third-order valence-corrected chi connectivity index (χ3v) is 4.86. The zero-order valence-electron chi connectivity index (χ0n) is 14.2. The first-order valence-electron chi connectivity index (χ1n) is 8.53. The molecule has 0 unspecified atom stereocenters. The lowest BCUT2D eigenvalue weighted by Crippen LogP contribution is -2.46. The highest BCUT2D eigenvalue weighted by Gasteiger charge is 2.25. The maximum absolute atomic E-state index is 12.5. The Bertz CT molecular complexity index is 661. The van der Waals surface area contributed by atoms with Crippen LogP contribution in [0.5, 0.6) is 0 Å². The standard InChI is InChI=1S/C20H25N3O/c1-22(18-5-3-2-4-6-18)19-11-13-23(14-12-19)20(24)15-16-7-9-17(21)10-8-16/h2-10,19H,11-15,21H2,1H3. The highest BCUT2D eigenvalue weighted by atomic mass is 16.2. The molecular weight excluding hydrogens is 298 g/mol. The van der Waals surface area contributed by atoms with E-state index < -0.39 is 0 Å². The largest absolute Gasteiger partial charge is 0.399 e. The molecule has 2 aromatic rings. The maximum atomic E-state index is 12.5. The Kier molecular flexibility index (Phi) is 5.04. The van der Waals surface area contributed by atoms with E-state index in [0.29, 0.717) is 12.5 Å². The van der Waals surface area contributed by atoms with Crippen LogP contribution in [0.2, 0.25) is 0 Å². The monoisotopic (exact) mass is 323 g/mol. The van der Waals surface area contributed by atoms with Crippen molar-refractivity contribution in [1.82, 2.24) is 4.90 Å². The summed E-state index contributed by atoms with van der Waals surface area (Å²) in [6.45, 7) is 1.66. The minimum absolute atomic E-state index is 0.209. The SMILES string of the molecule is CN(c1ccccc1)C1CCN(C(=O)Cc2ccc(N)cc2)CC1. The van der Waals surface area contributed by atoms with Crippen molar-refractivity contribution in [2.24, 2.45) is 0 Å². The molecule has 3 rings (SSSR count). The van der Waals surface area contributed by atoms with Gasteiger partial charge in [0.25, 0.3) is 0 Å². The minimum Gasteiger partial charge on any atom is -0.399 e. The van der Waals surface area contributed by atoms with Crippen LogP contribution in [0.3, 0.4) is 0 Å². The Hall–Kier alpha value is -2.49. The number of rotatable bonds is 4. The van der Waals surface area contributed by atoms with Crippen molar-refractivity contribution in [3.05, 3.63) is 60.2 Å². The van der Waals surface area contributed by atoms with Gasteiger partial charge >= 0.3 is 0 Å². The molecule has 0 aliphatic carbocycles. The van der Waals surface area contributed by atoms with Crippen molar-refractivity contribution < 1.29 is 4.79 Å². The predicted octanol–water partition coefficient (Wildman–Crippen LogP) is 2.94. The van der Waals surface area contributed by atoms with E-state index in [2.05, 4.69) is 36.2 Å². The summed E-state index contributed by atoms with van der Waals surface area (Å²) in [7, 11) is 2.14. The summed E-state index contributed by atoms with van der Waals surface area (Å²) in [5.41, 5.74) is 8.69. The molecule has 4 heteroatoms. The van der Waals surface area contributed by atoms with E-state index >= 15 is 0 Å². The maximum Gasteiger partial charge on any atom is 0.226 e. The third-order valence-electron chi connectivity index (χ3n) is 4.86. The summed E-state index contributed by atoms with van der Waals surface area (Å²) in [6.07, 6.45) is 2.48. The van der Waals surface area contributed by atoms with E-state index in [1.807, 2.05) is 35.2 Å². The highest BCUT2D eigenvalue weighted by molar-refractivity contribution is 5.79. The number of likely N-dealkylation sites (tertiary alicyclic amines) is 1. The fraction of sp³-hybridized carbons (Fsp3) is 0.350. The second-order valence-electron chi connectivity index (χ2n) is 6.48. The van der Waals surface area contributed by atoms with E-state index in [1.165, 1.54) is 5.69 Å². The van der Waals surface area contributed by atoms with Crippen molar-refractivity contribution in [2.45, 2.75) is 25.3 Å². The fourth-order valence-electron chi connectivity index (χ4n) is 3.30. The summed E-state index contributed by atoms with van der Waals surface area (Å²) in [5.74, 6) is 0.209. The van der Waals surface area contributed by atoms with Crippen LogP contribution in [0.15, 0.2) is 54.6 Å². The summed E-state index contributed by atoms with van der Waals surface area (Å²) in [4.78, 5) is 16.8. The average molecular weight is 323 g/mol. The molecule has 2 N–H and O–H groups in total. The molecule has 1 aliphatic rings. The van der Waals surface area contributed by atoms with Gasteiger partial charge < -0.3 is 15.5 Å². The van der Waals surface area contributed by atoms with Gasteiger partial charge in [0.2, 0.25) is 5.91 Å². The molecule has 0 atom stereocenters. The van der Waals surface area contributed by atoms with Gasteiger partial charge in [0.05, 0.1) is 6.42 Å². The minimum atomic E-state index is 0.209. The van der Waals surface area contributed by atoms with E-state index in [0.717, 1.165) is 37.2 Å². The number of benzene rings is 2. The van der Waals surface area contributed by atoms with E-state index in [1.54, 1.807) is 0 Å². The molecule has 1 amide bonds. The highest BCUT2D eigenvalue weighted by Crippen LogP contribution is 2.22. The fourth-order valence-corrected chi connectivity index (χ4v) is 3.30. The topological polar surface area (TPSA) is 49.6 Å². The first kappa shape index (κ1) is 16.4. The number of amides is 1. The first-order chi connectivity index (χ1) is 11.6. The molecular formula is C20H25N3O. The van der Waals surface area contributed by atoms with Gasteiger partial charge in [-0.15, -0.1) is 0 Å². The lowest BCUT2D eigenvalue weighted by Gasteiger charge is -2.38. The Morgan fingerprint density at radius 1 is 1.08 bits per heavy atom. The summed E-state index contributed by atoms with van der Waals surface area (Å²) >= 11 is 0. The van der Waals surface area contributed by atoms with E-state index in [9.17, 15) is 4.79 Å². The molecule has 4 nitrogen and oxygen atoms in total. The molecule has 0 bridgehead atoms. The van der Waals surface area contributed by atoms with Crippen LogP contribution in [-0.4, -0.2) is 37.0 Å². The number of nitrogen functional groups attached to an aromatic ring is 1. The zero-order chi connectivity index (χ0) is 16.9. The summed E-state index contributed by atoms with van der Waals surface area (Å²) < 4.78 is 0. The Balaban J connectivity index is 1.53.